The summed E-state index contributed by atoms with van der Waals surface area (Å²) in [6, 6.07) is 3.82. The Kier molecular flexibility index (Phi) is 4.23. The number of carbonyl (C=O) groups excluding carboxylic acids is 1. The third kappa shape index (κ3) is 3.07. The number of nitrogens with one attached hydrogen (secondary N) is 2. The van der Waals surface area contributed by atoms with Crippen LogP contribution < -0.4 is 5.32 Å². The molecule has 0 aliphatic rings. The van der Waals surface area contributed by atoms with E-state index in [1.54, 1.807) is 0 Å². The lowest BCUT2D eigenvalue weighted by Crippen LogP contribution is -2.14. The van der Waals surface area contributed by atoms with Gasteiger partial charge in [0.15, 0.2) is 0 Å². The van der Waals surface area contributed by atoms with Crippen molar-refractivity contribution in [2.45, 2.75) is 33.6 Å². The Morgan fingerprint density at radius 2 is 1.90 bits per heavy atom. The van der Waals surface area contributed by atoms with Crippen LogP contribution in [0, 0.1) is 13.8 Å². The highest BCUT2D eigenvalue weighted by Crippen LogP contribution is 2.25. The van der Waals surface area contributed by atoms with Crippen LogP contribution in [0.15, 0.2) is 16.6 Å². The summed E-state index contributed by atoms with van der Waals surface area (Å²) < 4.78 is 1.05. The maximum absolute atomic E-state index is 12.1. The van der Waals surface area contributed by atoms with E-state index in [1.807, 2.05) is 39.8 Å². The van der Waals surface area contributed by atoms with Crippen molar-refractivity contribution < 1.29 is 4.79 Å². The second kappa shape index (κ2) is 5.75. The number of halogens is 1. The van der Waals surface area contributed by atoms with Crippen molar-refractivity contribution in [2.24, 2.45) is 0 Å². The molecule has 0 radical (unpaired) electrons. The van der Waals surface area contributed by atoms with E-state index in [-0.39, 0.29) is 17.6 Å². The maximum atomic E-state index is 12.1. The Labute approximate surface area is 126 Å². The highest BCUT2D eigenvalue weighted by atomic mass is 79.9. The summed E-state index contributed by atoms with van der Waals surface area (Å²) in [5, 5.41) is 9.53. The molecule has 0 atom stereocenters. The summed E-state index contributed by atoms with van der Waals surface area (Å²) in [4.78, 5) is 16.3. The first-order valence-corrected chi connectivity index (χ1v) is 7.18. The van der Waals surface area contributed by atoms with E-state index in [1.165, 1.54) is 0 Å². The molecule has 1 aromatic heterocycles. The van der Waals surface area contributed by atoms with Gasteiger partial charge in [0, 0.05) is 16.1 Å². The molecule has 106 valence electrons. The molecular weight excluding hydrogens is 320 g/mol. The molecule has 0 spiro atoms. The first-order chi connectivity index (χ1) is 9.38. The van der Waals surface area contributed by atoms with E-state index in [9.17, 15) is 4.79 Å². The highest BCUT2D eigenvalue weighted by molar-refractivity contribution is 9.10. The summed E-state index contributed by atoms with van der Waals surface area (Å²) in [5.74, 6) is 0.765. The Hall–Kier alpha value is -1.69. The summed E-state index contributed by atoms with van der Waals surface area (Å²) in [6.07, 6.45) is 0. The van der Waals surface area contributed by atoms with Gasteiger partial charge in [-0.3, -0.25) is 9.89 Å². The number of H-pyrrole nitrogens is 1. The number of rotatable bonds is 3. The molecule has 1 heterocycles. The van der Waals surface area contributed by atoms with Crippen LogP contribution in [0.4, 0.5) is 5.69 Å². The fourth-order valence-corrected chi connectivity index (χ4v) is 2.07. The van der Waals surface area contributed by atoms with Crippen molar-refractivity contribution in [3.63, 3.8) is 0 Å². The number of aromatic nitrogens is 3. The fraction of sp³-hybridized carbons (Fsp3) is 0.357. The standard InChI is InChI=1S/C14H17BrN4O/c1-7(2)12-17-13(19-18-12)14(20)16-10-5-8(3)11(15)9(4)6-10/h5-7H,1-4H3,(H,16,20)(H,17,18,19). The van der Waals surface area contributed by atoms with Gasteiger partial charge < -0.3 is 5.32 Å². The molecule has 0 aliphatic heterocycles. The van der Waals surface area contributed by atoms with Gasteiger partial charge in [-0.2, -0.15) is 0 Å². The number of amides is 1. The van der Waals surface area contributed by atoms with Gasteiger partial charge in [-0.25, -0.2) is 4.98 Å². The Morgan fingerprint density at radius 3 is 2.40 bits per heavy atom. The molecular formula is C14H17BrN4O. The van der Waals surface area contributed by atoms with Crippen LogP contribution >= 0.6 is 15.9 Å². The zero-order valence-electron chi connectivity index (χ0n) is 11.9. The number of aromatic amines is 1. The molecule has 2 rings (SSSR count). The van der Waals surface area contributed by atoms with Crippen LogP contribution in [0.1, 0.15) is 47.3 Å². The molecule has 6 heteroatoms. The van der Waals surface area contributed by atoms with Gasteiger partial charge in [-0.05, 0) is 37.1 Å². The van der Waals surface area contributed by atoms with Crippen molar-refractivity contribution in [1.82, 2.24) is 15.2 Å². The van der Waals surface area contributed by atoms with Crippen LogP contribution in [-0.4, -0.2) is 21.1 Å². The third-order valence-electron chi connectivity index (χ3n) is 2.95. The molecule has 0 aliphatic carbocycles. The molecule has 2 aromatic rings. The molecule has 0 unspecified atom stereocenters. The molecule has 20 heavy (non-hydrogen) atoms. The molecule has 1 aromatic carbocycles. The van der Waals surface area contributed by atoms with E-state index < -0.39 is 0 Å². The quantitative estimate of drug-likeness (QED) is 0.900. The van der Waals surface area contributed by atoms with Crippen LogP contribution in [0.2, 0.25) is 0 Å². The van der Waals surface area contributed by atoms with Gasteiger partial charge in [0.1, 0.15) is 5.82 Å². The summed E-state index contributed by atoms with van der Waals surface area (Å²) >= 11 is 3.50. The number of anilines is 1. The van der Waals surface area contributed by atoms with Gasteiger partial charge in [0.25, 0.3) is 5.91 Å². The van der Waals surface area contributed by atoms with E-state index in [0.29, 0.717) is 5.82 Å². The van der Waals surface area contributed by atoms with Crippen LogP contribution in [-0.2, 0) is 0 Å². The van der Waals surface area contributed by atoms with Crippen LogP contribution in [0.5, 0.6) is 0 Å². The molecule has 0 fully saturated rings. The fourth-order valence-electron chi connectivity index (χ4n) is 1.84. The topological polar surface area (TPSA) is 70.7 Å². The second-order valence-electron chi connectivity index (χ2n) is 5.08. The van der Waals surface area contributed by atoms with Gasteiger partial charge in [0.2, 0.25) is 5.82 Å². The molecule has 0 saturated heterocycles. The number of benzene rings is 1. The number of hydrogen-bond donors (Lipinski definition) is 2. The third-order valence-corrected chi connectivity index (χ3v) is 4.20. The van der Waals surface area contributed by atoms with Crippen LogP contribution in [0.25, 0.3) is 0 Å². The molecule has 0 bridgehead atoms. The summed E-state index contributed by atoms with van der Waals surface area (Å²) in [5.41, 5.74) is 2.88. The summed E-state index contributed by atoms with van der Waals surface area (Å²) in [6.45, 7) is 7.94. The number of nitrogens with zero attached hydrogens (tertiary/aromatic N) is 2. The Bertz CT molecular complexity index is 625. The molecule has 5 nitrogen and oxygen atoms in total. The predicted molar refractivity (Wildman–Crippen MR) is 82.0 cm³/mol. The SMILES string of the molecule is Cc1cc(NC(=O)c2n[nH]c(C(C)C)n2)cc(C)c1Br. The molecule has 1 amide bonds. The van der Waals surface area contributed by atoms with Crippen molar-refractivity contribution in [2.75, 3.05) is 5.32 Å². The van der Waals surface area contributed by atoms with Crippen LogP contribution in [0.3, 0.4) is 0 Å². The number of hydrogen-bond acceptors (Lipinski definition) is 3. The lowest BCUT2D eigenvalue weighted by molar-refractivity contribution is 0.101. The molecule has 0 saturated carbocycles. The first kappa shape index (κ1) is 14.7. The second-order valence-corrected chi connectivity index (χ2v) is 5.87. The average molecular weight is 337 g/mol. The number of aryl methyl sites for hydroxylation is 2. The average Bonchev–Trinajstić information content (AvgIpc) is 2.85. The van der Waals surface area contributed by atoms with Crippen molar-refractivity contribution in [3.8, 4) is 0 Å². The first-order valence-electron chi connectivity index (χ1n) is 6.39. The maximum Gasteiger partial charge on any atom is 0.295 e. The predicted octanol–water partition coefficient (Wildman–Crippen LogP) is 3.56. The molecule has 2 N–H and O–H groups in total. The largest absolute Gasteiger partial charge is 0.319 e. The lowest BCUT2D eigenvalue weighted by Gasteiger charge is -2.08. The normalized spacial score (nSPS) is 10.9. The van der Waals surface area contributed by atoms with Gasteiger partial charge in [-0.15, -0.1) is 5.10 Å². The zero-order valence-corrected chi connectivity index (χ0v) is 13.5. The van der Waals surface area contributed by atoms with E-state index >= 15 is 0 Å². The number of carbonyl (C=O) groups is 1. The van der Waals surface area contributed by atoms with E-state index in [0.717, 1.165) is 21.3 Å². The zero-order chi connectivity index (χ0) is 14.9. The minimum atomic E-state index is -0.311. The lowest BCUT2D eigenvalue weighted by atomic mass is 10.1. The van der Waals surface area contributed by atoms with Gasteiger partial charge >= 0.3 is 0 Å². The Balaban J connectivity index is 2.19. The van der Waals surface area contributed by atoms with E-state index in [4.69, 9.17) is 0 Å². The van der Waals surface area contributed by atoms with Crippen molar-refractivity contribution in [1.29, 1.82) is 0 Å². The minimum absolute atomic E-state index is 0.159. The van der Waals surface area contributed by atoms with Crippen molar-refractivity contribution >= 4 is 27.5 Å². The van der Waals surface area contributed by atoms with Gasteiger partial charge in [0.05, 0.1) is 0 Å². The highest BCUT2D eigenvalue weighted by Gasteiger charge is 2.14. The minimum Gasteiger partial charge on any atom is -0.319 e. The van der Waals surface area contributed by atoms with E-state index in [2.05, 4.69) is 36.4 Å². The summed E-state index contributed by atoms with van der Waals surface area (Å²) in [7, 11) is 0. The Morgan fingerprint density at radius 1 is 1.30 bits per heavy atom. The monoisotopic (exact) mass is 336 g/mol. The van der Waals surface area contributed by atoms with Gasteiger partial charge in [-0.1, -0.05) is 29.8 Å². The smallest absolute Gasteiger partial charge is 0.295 e. The van der Waals surface area contributed by atoms with Crippen molar-refractivity contribution in [3.05, 3.63) is 39.4 Å².